The lowest BCUT2D eigenvalue weighted by atomic mass is 10.2. The third kappa shape index (κ3) is 3.41. The zero-order valence-corrected chi connectivity index (χ0v) is 10.5. The van der Waals surface area contributed by atoms with Crippen LogP contribution in [0.25, 0.3) is 0 Å². The van der Waals surface area contributed by atoms with Gasteiger partial charge in [-0.25, -0.2) is 13.6 Å². The van der Waals surface area contributed by atoms with E-state index in [2.05, 4.69) is 10.2 Å². The average Bonchev–Trinajstić information content (AvgIpc) is 2.85. The Morgan fingerprint density at radius 2 is 1.84 bits per heavy atom. The molecule has 6 heteroatoms. The van der Waals surface area contributed by atoms with Crippen LogP contribution in [0.1, 0.15) is 23.2 Å². The minimum absolute atomic E-state index is 0.260. The van der Waals surface area contributed by atoms with Crippen LogP contribution in [-0.2, 0) is 0 Å². The number of nitrogens with zero attached hydrogens (tertiary/aromatic N) is 1. The Bertz CT molecular complexity index is 451. The van der Waals surface area contributed by atoms with Crippen LogP contribution in [0.3, 0.4) is 0 Å². The molecule has 4 nitrogen and oxygen atoms in total. The van der Waals surface area contributed by atoms with Gasteiger partial charge in [0, 0.05) is 13.1 Å². The molecule has 1 aromatic carbocycles. The van der Waals surface area contributed by atoms with Crippen LogP contribution in [-0.4, -0.2) is 42.2 Å². The average molecular weight is 270 g/mol. The first-order chi connectivity index (χ1) is 9.08. The van der Waals surface area contributed by atoms with Gasteiger partial charge in [0.2, 0.25) is 0 Å². The van der Waals surface area contributed by atoms with E-state index in [1.54, 1.807) is 0 Å². The van der Waals surface area contributed by atoms with Gasteiger partial charge >= 0.3 is 5.97 Å². The van der Waals surface area contributed by atoms with Crippen molar-refractivity contribution in [3.8, 4) is 0 Å². The number of carboxylic acid groups (broad SMARTS) is 1. The lowest BCUT2D eigenvalue weighted by Gasteiger charge is -2.16. The number of anilines is 1. The van der Waals surface area contributed by atoms with Crippen molar-refractivity contribution < 1.29 is 18.7 Å². The summed E-state index contributed by atoms with van der Waals surface area (Å²) >= 11 is 0. The number of halogens is 2. The summed E-state index contributed by atoms with van der Waals surface area (Å²) in [5, 5.41) is 11.4. The zero-order valence-electron chi connectivity index (χ0n) is 10.5. The highest BCUT2D eigenvalue weighted by molar-refractivity contribution is 5.88. The van der Waals surface area contributed by atoms with Crippen LogP contribution in [0.2, 0.25) is 0 Å². The number of hydrogen-bond acceptors (Lipinski definition) is 3. The lowest BCUT2D eigenvalue weighted by molar-refractivity contribution is 0.0696. The van der Waals surface area contributed by atoms with Crippen LogP contribution >= 0.6 is 0 Å². The quantitative estimate of drug-likeness (QED) is 0.861. The van der Waals surface area contributed by atoms with Gasteiger partial charge in [-0.3, -0.25) is 0 Å². The van der Waals surface area contributed by atoms with Crippen molar-refractivity contribution in [2.75, 3.05) is 31.5 Å². The van der Waals surface area contributed by atoms with E-state index in [1.165, 1.54) is 0 Å². The molecule has 104 valence electrons. The molecular formula is C13H16F2N2O2. The number of aromatic carboxylic acids is 1. The molecule has 1 aliphatic heterocycles. The molecule has 1 saturated heterocycles. The maximum Gasteiger partial charge on any atom is 0.335 e. The lowest BCUT2D eigenvalue weighted by Crippen LogP contribution is -2.26. The van der Waals surface area contributed by atoms with Crippen LogP contribution in [0.5, 0.6) is 0 Å². The molecule has 0 aromatic heterocycles. The minimum atomic E-state index is -1.35. The molecule has 0 spiro atoms. The van der Waals surface area contributed by atoms with E-state index in [-0.39, 0.29) is 11.3 Å². The van der Waals surface area contributed by atoms with Gasteiger partial charge in [-0.05, 0) is 38.1 Å². The van der Waals surface area contributed by atoms with E-state index in [0.717, 1.165) is 44.6 Å². The second-order valence-corrected chi connectivity index (χ2v) is 4.60. The van der Waals surface area contributed by atoms with Gasteiger partial charge in [-0.15, -0.1) is 0 Å². The molecule has 1 aromatic rings. The first kappa shape index (κ1) is 13.7. The molecule has 0 aliphatic carbocycles. The molecule has 0 atom stereocenters. The summed E-state index contributed by atoms with van der Waals surface area (Å²) in [7, 11) is 0. The van der Waals surface area contributed by atoms with E-state index in [0.29, 0.717) is 6.54 Å². The zero-order chi connectivity index (χ0) is 13.8. The Morgan fingerprint density at radius 1 is 1.26 bits per heavy atom. The fraction of sp³-hybridized carbons (Fsp3) is 0.462. The van der Waals surface area contributed by atoms with Gasteiger partial charge in [0.25, 0.3) is 0 Å². The number of benzene rings is 1. The third-order valence-corrected chi connectivity index (χ3v) is 3.22. The van der Waals surface area contributed by atoms with Gasteiger partial charge < -0.3 is 15.3 Å². The molecule has 2 N–H and O–H groups in total. The SMILES string of the molecule is O=C(O)c1cc(F)c(NCCN2CCCC2)c(F)c1. The third-order valence-electron chi connectivity index (χ3n) is 3.22. The topological polar surface area (TPSA) is 52.6 Å². The highest BCUT2D eigenvalue weighted by atomic mass is 19.1. The first-order valence-electron chi connectivity index (χ1n) is 6.26. The molecule has 0 bridgehead atoms. The van der Waals surface area contributed by atoms with Crippen LogP contribution < -0.4 is 5.32 Å². The Balaban J connectivity index is 1.97. The summed E-state index contributed by atoms with van der Waals surface area (Å²) < 4.78 is 27.2. The maximum absolute atomic E-state index is 13.6. The molecular weight excluding hydrogens is 254 g/mol. The highest BCUT2D eigenvalue weighted by Gasteiger charge is 2.15. The fourth-order valence-electron chi connectivity index (χ4n) is 2.21. The second-order valence-electron chi connectivity index (χ2n) is 4.60. The Kier molecular flexibility index (Phi) is 4.31. The number of likely N-dealkylation sites (tertiary alicyclic amines) is 1. The summed E-state index contributed by atoms with van der Waals surface area (Å²) in [6.07, 6.45) is 2.33. The molecule has 0 unspecified atom stereocenters. The molecule has 0 amide bonds. The smallest absolute Gasteiger partial charge is 0.335 e. The first-order valence-corrected chi connectivity index (χ1v) is 6.26. The molecule has 1 aliphatic rings. The predicted octanol–water partition coefficient (Wildman–Crippen LogP) is 2.17. The molecule has 2 rings (SSSR count). The standard InChI is InChI=1S/C13H16F2N2O2/c14-10-7-9(13(18)19)8-11(15)12(10)16-3-6-17-4-1-2-5-17/h7-8,16H,1-6H2,(H,18,19). The van der Waals surface area contributed by atoms with Crippen molar-refractivity contribution in [2.24, 2.45) is 0 Å². The summed E-state index contributed by atoms with van der Waals surface area (Å²) in [4.78, 5) is 12.9. The number of carbonyl (C=O) groups is 1. The fourth-order valence-corrected chi connectivity index (χ4v) is 2.21. The summed E-state index contributed by atoms with van der Waals surface area (Å²) in [6, 6.07) is 1.65. The molecule has 1 fully saturated rings. The monoisotopic (exact) mass is 270 g/mol. The van der Waals surface area contributed by atoms with E-state index in [9.17, 15) is 13.6 Å². The number of hydrogen-bond donors (Lipinski definition) is 2. The largest absolute Gasteiger partial charge is 0.478 e. The van der Waals surface area contributed by atoms with Crippen LogP contribution in [0.15, 0.2) is 12.1 Å². The number of rotatable bonds is 5. The minimum Gasteiger partial charge on any atom is -0.478 e. The molecule has 0 radical (unpaired) electrons. The van der Waals surface area contributed by atoms with E-state index >= 15 is 0 Å². The highest BCUT2D eigenvalue weighted by Crippen LogP contribution is 2.20. The van der Waals surface area contributed by atoms with Crippen molar-refractivity contribution in [1.82, 2.24) is 4.90 Å². The van der Waals surface area contributed by atoms with Crippen molar-refractivity contribution in [1.29, 1.82) is 0 Å². The number of nitrogens with one attached hydrogen (secondary N) is 1. The van der Waals surface area contributed by atoms with Gasteiger partial charge in [0.1, 0.15) is 17.3 Å². The van der Waals surface area contributed by atoms with Crippen LogP contribution in [0, 0.1) is 11.6 Å². The van der Waals surface area contributed by atoms with Crippen molar-refractivity contribution in [2.45, 2.75) is 12.8 Å². The van der Waals surface area contributed by atoms with Crippen molar-refractivity contribution in [3.05, 3.63) is 29.3 Å². The predicted molar refractivity (Wildman–Crippen MR) is 67.5 cm³/mol. The molecule has 0 saturated carbocycles. The summed E-state index contributed by atoms with van der Waals surface area (Å²) in [5.74, 6) is -3.10. The van der Waals surface area contributed by atoms with E-state index in [1.807, 2.05) is 0 Å². The van der Waals surface area contributed by atoms with Gasteiger partial charge in [0.05, 0.1) is 5.56 Å². The van der Waals surface area contributed by atoms with E-state index in [4.69, 9.17) is 5.11 Å². The summed E-state index contributed by atoms with van der Waals surface area (Å²) in [5.41, 5.74) is -0.649. The van der Waals surface area contributed by atoms with Gasteiger partial charge in [-0.1, -0.05) is 0 Å². The number of carboxylic acids is 1. The normalized spacial score (nSPS) is 15.7. The molecule has 1 heterocycles. The van der Waals surface area contributed by atoms with Crippen molar-refractivity contribution in [3.63, 3.8) is 0 Å². The van der Waals surface area contributed by atoms with Crippen LogP contribution in [0.4, 0.5) is 14.5 Å². The van der Waals surface area contributed by atoms with E-state index < -0.39 is 17.6 Å². The van der Waals surface area contributed by atoms with Gasteiger partial charge in [-0.2, -0.15) is 0 Å². The Hall–Kier alpha value is -1.69. The maximum atomic E-state index is 13.6. The van der Waals surface area contributed by atoms with Crippen molar-refractivity contribution >= 4 is 11.7 Å². The van der Waals surface area contributed by atoms with Gasteiger partial charge in [0.15, 0.2) is 0 Å². The second kappa shape index (κ2) is 5.97. The Labute approximate surface area is 110 Å². The Morgan fingerprint density at radius 3 is 2.37 bits per heavy atom. The summed E-state index contributed by atoms with van der Waals surface area (Å²) in [6.45, 7) is 3.19. The molecule has 19 heavy (non-hydrogen) atoms.